The molecule has 0 aliphatic carbocycles. The summed E-state index contributed by atoms with van der Waals surface area (Å²) in [5.41, 5.74) is -0.987. The Morgan fingerprint density at radius 3 is 2.35 bits per heavy atom. The van der Waals surface area contributed by atoms with E-state index in [4.69, 9.17) is 9.57 Å². The van der Waals surface area contributed by atoms with Crippen LogP contribution in [-0.4, -0.2) is 26.1 Å². The molecule has 1 N–H and O–H groups in total. The van der Waals surface area contributed by atoms with Crippen molar-refractivity contribution in [2.75, 3.05) is 7.11 Å². The van der Waals surface area contributed by atoms with Gasteiger partial charge in [-0.1, -0.05) is 4.89 Å². The standard InChI is InChI=1S/C11H16N2O6S/c1-11(2,3)19-12-20(16,17)10-6-5-8(13(14)15)7-9(10)18-4/h5-7,12H,1-4H3. The van der Waals surface area contributed by atoms with E-state index in [2.05, 4.69) is 0 Å². The smallest absolute Gasteiger partial charge is 0.273 e. The summed E-state index contributed by atoms with van der Waals surface area (Å²) < 4.78 is 29.0. The van der Waals surface area contributed by atoms with Crippen LogP contribution in [0.4, 0.5) is 5.69 Å². The van der Waals surface area contributed by atoms with E-state index in [-0.39, 0.29) is 16.3 Å². The molecule has 0 fully saturated rings. The van der Waals surface area contributed by atoms with Gasteiger partial charge in [0.1, 0.15) is 10.6 Å². The predicted octanol–water partition coefficient (Wildman–Crippen LogP) is 1.61. The fourth-order valence-electron chi connectivity index (χ4n) is 1.22. The number of ether oxygens (including phenoxy) is 1. The molecular formula is C11H16N2O6S. The summed E-state index contributed by atoms with van der Waals surface area (Å²) in [7, 11) is -2.77. The lowest BCUT2D eigenvalue weighted by molar-refractivity contribution is -0.385. The molecule has 112 valence electrons. The van der Waals surface area contributed by atoms with Crippen molar-refractivity contribution in [3.63, 3.8) is 0 Å². The zero-order valence-electron chi connectivity index (χ0n) is 11.5. The van der Waals surface area contributed by atoms with Crippen LogP contribution < -0.4 is 9.62 Å². The highest BCUT2D eigenvalue weighted by Crippen LogP contribution is 2.28. The number of hydrogen-bond donors (Lipinski definition) is 1. The number of nitro groups is 1. The third kappa shape index (κ3) is 4.15. The highest BCUT2D eigenvalue weighted by molar-refractivity contribution is 7.89. The van der Waals surface area contributed by atoms with Crippen molar-refractivity contribution in [3.8, 4) is 5.75 Å². The Kier molecular flexibility index (Phi) is 4.69. The van der Waals surface area contributed by atoms with Crippen LogP contribution in [0.25, 0.3) is 0 Å². The van der Waals surface area contributed by atoms with Crippen molar-refractivity contribution < 1.29 is 22.9 Å². The molecule has 0 aromatic heterocycles. The van der Waals surface area contributed by atoms with Crippen molar-refractivity contribution in [3.05, 3.63) is 28.3 Å². The molecule has 0 heterocycles. The maximum absolute atomic E-state index is 12.1. The van der Waals surface area contributed by atoms with Crippen LogP contribution in [0.3, 0.4) is 0 Å². The van der Waals surface area contributed by atoms with E-state index in [0.29, 0.717) is 0 Å². The first kappa shape index (κ1) is 16.3. The number of nitrogens with one attached hydrogen (secondary N) is 1. The van der Waals surface area contributed by atoms with Crippen LogP contribution in [0.1, 0.15) is 20.8 Å². The second-order valence-electron chi connectivity index (χ2n) is 4.89. The van der Waals surface area contributed by atoms with Gasteiger partial charge in [0, 0.05) is 6.07 Å². The average molecular weight is 304 g/mol. The number of rotatable bonds is 5. The molecule has 0 aliphatic heterocycles. The largest absolute Gasteiger partial charge is 0.495 e. The van der Waals surface area contributed by atoms with Gasteiger partial charge in [0.05, 0.1) is 23.7 Å². The van der Waals surface area contributed by atoms with Gasteiger partial charge >= 0.3 is 0 Å². The predicted molar refractivity (Wildman–Crippen MR) is 70.8 cm³/mol. The number of hydrogen-bond acceptors (Lipinski definition) is 6. The first-order valence-corrected chi connectivity index (χ1v) is 7.07. The third-order valence-electron chi connectivity index (χ3n) is 2.11. The van der Waals surface area contributed by atoms with E-state index in [9.17, 15) is 18.5 Å². The van der Waals surface area contributed by atoms with E-state index >= 15 is 0 Å². The summed E-state index contributed by atoms with van der Waals surface area (Å²) in [5.74, 6) is -0.135. The molecule has 0 bridgehead atoms. The average Bonchev–Trinajstić information content (AvgIpc) is 2.35. The Morgan fingerprint density at radius 1 is 1.30 bits per heavy atom. The molecular weight excluding hydrogens is 288 g/mol. The molecule has 8 nitrogen and oxygen atoms in total. The third-order valence-corrected chi connectivity index (χ3v) is 3.32. The van der Waals surface area contributed by atoms with Crippen molar-refractivity contribution in [2.45, 2.75) is 31.3 Å². The van der Waals surface area contributed by atoms with Gasteiger partial charge in [-0.3, -0.25) is 15.0 Å². The normalized spacial score (nSPS) is 12.2. The molecule has 1 aromatic carbocycles. The van der Waals surface area contributed by atoms with Crippen LogP contribution in [0, 0.1) is 10.1 Å². The van der Waals surface area contributed by atoms with Gasteiger partial charge in [-0.2, -0.15) is 0 Å². The number of methoxy groups -OCH3 is 1. The maximum atomic E-state index is 12.1. The minimum absolute atomic E-state index is 0.135. The lowest BCUT2D eigenvalue weighted by Gasteiger charge is -2.19. The topological polar surface area (TPSA) is 108 Å². The summed E-state index contributed by atoms with van der Waals surface area (Å²) in [5, 5.41) is 10.6. The van der Waals surface area contributed by atoms with Gasteiger partial charge < -0.3 is 4.74 Å². The molecule has 0 unspecified atom stereocenters. The van der Waals surface area contributed by atoms with Gasteiger partial charge in [0.15, 0.2) is 0 Å². The Bertz CT molecular complexity index is 606. The fraction of sp³-hybridized carbons (Fsp3) is 0.455. The lowest BCUT2D eigenvalue weighted by Crippen LogP contribution is -2.33. The molecule has 0 atom stereocenters. The molecule has 1 aromatic rings. The number of nitrogens with zero attached hydrogens (tertiary/aromatic N) is 1. The molecule has 0 saturated carbocycles. The minimum Gasteiger partial charge on any atom is -0.495 e. The number of non-ortho nitro benzene ring substituents is 1. The molecule has 0 amide bonds. The summed E-state index contributed by atoms with van der Waals surface area (Å²) in [6.07, 6.45) is 0. The summed E-state index contributed by atoms with van der Waals surface area (Å²) in [4.78, 5) is 16.7. The molecule has 1 rings (SSSR count). The zero-order chi connectivity index (χ0) is 15.6. The van der Waals surface area contributed by atoms with Crippen LogP contribution >= 0.6 is 0 Å². The Balaban J connectivity index is 3.15. The lowest BCUT2D eigenvalue weighted by atomic mass is 10.2. The second kappa shape index (κ2) is 5.73. The highest BCUT2D eigenvalue weighted by atomic mass is 32.2. The second-order valence-corrected chi connectivity index (χ2v) is 6.51. The van der Waals surface area contributed by atoms with Crippen LogP contribution in [0.15, 0.2) is 23.1 Å². The molecule has 0 radical (unpaired) electrons. The van der Waals surface area contributed by atoms with Gasteiger partial charge in [-0.25, -0.2) is 8.42 Å². The van der Waals surface area contributed by atoms with Crippen molar-refractivity contribution >= 4 is 15.7 Å². The summed E-state index contributed by atoms with van der Waals surface area (Å²) in [6, 6.07) is 3.20. The number of benzene rings is 1. The van der Waals surface area contributed by atoms with E-state index in [1.807, 2.05) is 4.89 Å². The summed E-state index contributed by atoms with van der Waals surface area (Å²) >= 11 is 0. The zero-order valence-corrected chi connectivity index (χ0v) is 12.4. The molecule has 20 heavy (non-hydrogen) atoms. The van der Waals surface area contributed by atoms with Gasteiger partial charge in [-0.15, -0.1) is 0 Å². The minimum atomic E-state index is -4.00. The SMILES string of the molecule is COc1cc([N+](=O)[O-])ccc1S(=O)(=O)NOC(C)(C)C. The van der Waals surface area contributed by atoms with E-state index in [0.717, 1.165) is 18.2 Å². The first-order chi connectivity index (χ1) is 9.07. The van der Waals surface area contributed by atoms with Crippen LogP contribution in [0.5, 0.6) is 5.75 Å². The van der Waals surface area contributed by atoms with E-state index in [1.54, 1.807) is 20.8 Å². The Hall–Kier alpha value is -1.71. The Labute approximate surface area is 116 Å². The monoisotopic (exact) mass is 304 g/mol. The van der Waals surface area contributed by atoms with Gasteiger partial charge in [-0.05, 0) is 26.8 Å². The molecule has 0 aliphatic rings. The van der Waals surface area contributed by atoms with Crippen molar-refractivity contribution in [1.82, 2.24) is 4.89 Å². The highest BCUT2D eigenvalue weighted by Gasteiger charge is 2.24. The first-order valence-electron chi connectivity index (χ1n) is 5.59. The fourth-order valence-corrected chi connectivity index (χ4v) is 2.32. The quantitative estimate of drug-likeness (QED) is 0.654. The number of nitro benzene ring substituents is 1. The number of sulfonamides is 1. The van der Waals surface area contributed by atoms with Gasteiger partial charge in [0.25, 0.3) is 15.7 Å². The van der Waals surface area contributed by atoms with Gasteiger partial charge in [0.2, 0.25) is 0 Å². The van der Waals surface area contributed by atoms with Crippen LogP contribution in [-0.2, 0) is 14.9 Å². The van der Waals surface area contributed by atoms with Crippen molar-refractivity contribution in [2.24, 2.45) is 0 Å². The summed E-state index contributed by atoms with van der Waals surface area (Å²) in [6.45, 7) is 5.01. The van der Waals surface area contributed by atoms with E-state index in [1.165, 1.54) is 7.11 Å². The van der Waals surface area contributed by atoms with Crippen LogP contribution in [0.2, 0.25) is 0 Å². The van der Waals surface area contributed by atoms with Crippen molar-refractivity contribution in [1.29, 1.82) is 0 Å². The Morgan fingerprint density at radius 2 is 1.90 bits per heavy atom. The molecule has 0 saturated heterocycles. The molecule has 0 spiro atoms. The molecule has 9 heteroatoms. The van der Waals surface area contributed by atoms with E-state index < -0.39 is 20.5 Å². The maximum Gasteiger partial charge on any atom is 0.273 e.